The van der Waals surface area contributed by atoms with Crippen LogP contribution in [0.4, 0.5) is 0 Å². The molecule has 4 nitrogen and oxygen atoms in total. The average molecular weight is 311 g/mol. The summed E-state index contributed by atoms with van der Waals surface area (Å²) in [6.45, 7) is 0.785. The molecular weight excluding hydrogens is 296 g/mol. The van der Waals surface area contributed by atoms with Gasteiger partial charge in [-0.2, -0.15) is 5.10 Å². The van der Waals surface area contributed by atoms with E-state index in [2.05, 4.69) is 27.1 Å². The highest BCUT2D eigenvalue weighted by molar-refractivity contribution is 9.11. The van der Waals surface area contributed by atoms with Crippen LogP contribution >= 0.6 is 15.9 Å². The number of ether oxygens (including phenoxy) is 1. The van der Waals surface area contributed by atoms with Crippen molar-refractivity contribution in [3.8, 4) is 0 Å². The highest BCUT2D eigenvalue weighted by Gasteiger charge is 2.39. The summed E-state index contributed by atoms with van der Waals surface area (Å²) in [6, 6.07) is 0.120. The van der Waals surface area contributed by atoms with Crippen molar-refractivity contribution >= 4 is 27.9 Å². The van der Waals surface area contributed by atoms with Gasteiger partial charge >= 0.3 is 0 Å². The minimum Gasteiger partial charge on any atom is -0.357 e. The van der Waals surface area contributed by atoms with Gasteiger partial charge in [-0.05, 0) is 19.3 Å². The Labute approximate surface area is 114 Å². The fraction of sp³-hybridized carbons (Fsp3) is 0.538. The van der Waals surface area contributed by atoms with Gasteiger partial charge in [-0.1, -0.05) is 34.2 Å². The molecule has 5 heteroatoms. The number of carbonyl (C=O) groups excluding carboxylic acids is 1. The highest BCUT2D eigenvalue weighted by atomic mass is 79.9. The fourth-order valence-corrected chi connectivity index (χ4v) is 3.14. The number of hydrogen-bond donors (Lipinski definition) is 0. The number of halogens is 1. The molecule has 3 atom stereocenters. The van der Waals surface area contributed by atoms with E-state index < -0.39 is 0 Å². The molecule has 18 heavy (non-hydrogen) atoms. The van der Waals surface area contributed by atoms with Crippen molar-refractivity contribution in [1.29, 1.82) is 0 Å². The number of nitrogens with zero attached hydrogens (tertiary/aromatic N) is 2. The van der Waals surface area contributed by atoms with E-state index in [1.165, 1.54) is 0 Å². The van der Waals surface area contributed by atoms with Crippen molar-refractivity contribution < 1.29 is 9.53 Å². The van der Waals surface area contributed by atoms with Gasteiger partial charge in [0.25, 0.3) is 0 Å². The maximum Gasteiger partial charge on any atom is 0.166 e. The van der Waals surface area contributed by atoms with E-state index in [9.17, 15) is 4.79 Å². The molecule has 96 valence electrons. The van der Waals surface area contributed by atoms with E-state index in [1.54, 1.807) is 0 Å². The lowest BCUT2D eigenvalue weighted by atomic mass is 9.92. The van der Waals surface area contributed by atoms with Crippen molar-refractivity contribution in [3.05, 3.63) is 22.7 Å². The van der Waals surface area contributed by atoms with E-state index in [1.807, 2.05) is 17.2 Å². The van der Waals surface area contributed by atoms with E-state index in [-0.39, 0.29) is 18.2 Å². The summed E-state index contributed by atoms with van der Waals surface area (Å²) >= 11 is 3.45. The van der Waals surface area contributed by atoms with Crippen LogP contribution in [0.5, 0.6) is 0 Å². The molecule has 0 aromatic heterocycles. The van der Waals surface area contributed by atoms with E-state index in [0.29, 0.717) is 5.71 Å². The molecule has 2 aliphatic heterocycles. The van der Waals surface area contributed by atoms with Crippen LogP contribution in [0.3, 0.4) is 0 Å². The molecule has 0 radical (unpaired) electrons. The summed E-state index contributed by atoms with van der Waals surface area (Å²) in [6.07, 6.45) is 10.3. The summed E-state index contributed by atoms with van der Waals surface area (Å²) in [5.74, 6) is 0.0485. The van der Waals surface area contributed by atoms with Crippen LogP contribution in [0, 0.1) is 5.92 Å². The quantitative estimate of drug-likeness (QED) is 0.734. The average Bonchev–Trinajstić information content (AvgIpc) is 2.77. The minimum absolute atomic E-state index is 0.0126. The van der Waals surface area contributed by atoms with Gasteiger partial charge in [0.15, 0.2) is 6.29 Å². The van der Waals surface area contributed by atoms with Crippen molar-refractivity contribution in [2.75, 3.05) is 6.61 Å². The number of rotatable bonds is 2. The Morgan fingerprint density at radius 1 is 1.50 bits per heavy atom. The molecule has 1 saturated heterocycles. The molecule has 0 N–H and O–H groups in total. The largest absolute Gasteiger partial charge is 0.357 e. The third kappa shape index (κ3) is 2.06. The second-order valence-electron chi connectivity index (χ2n) is 4.77. The minimum atomic E-state index is 0.0126. The molecule has 0 amide bonds. The second-order valence-corrected chi connectivity index (χ2v) is 5.69. The third-order valence-corrected chi connectivity index (χ3v) is 4.14. The van der Waals surface area contributed by atoms with Crippen molar-refractivity contribution in [1.82, 2.24) is 5.01 Å². The summed E-state index contributed by atoms with van der Waals surface area (Å²) < 4.78 is 6.77. The maximum atomic E-state index is 11.1. The molecule has 0 bridgehead atoms. The van der Waals surface area contributed by atoms with Gasteiger partial charge in [-0.3, -0.25) is 9.80 Å². The molecule has 2 heterocycles. The van der Waals surface area contributed by atoms with Crippen molar-refractivity contribution in [2.45, 2.75) is 31.5 Å². The van der Waals surface area contributed by atoms with Crippen LogP contribution < -0.4 is 0 Å². The van der Waals surface area contributed by atoms with Crippen molar-refractivity contribution in [3.63, 3.8) is 0 Å². The van der Waals surface area contributed by atoms with Gasteiger partial charge in [-0.25, -0.2) is 0 Å². The Kier molecular flexibility index (Phi) is 3.35. The molecule has 0 spiro atoms. The number of fused-ring (bicyclic) bond motifs is 1. The Bertz CT molecular complexity index is 438. The molecule has 3 aliphatic rings. The van der Waals surface area contributed by atoms with Gasteiger partial charge in [-0.15, -0.1) is 0 Å². The van der Waals surface area contributed by atoms with Crippen LogP contribution in [0.1, 0.15) is 19.3 Å². The second kappa shape index (κ2) is 4.97. The lowest BCUT2D eigenvalue weighted by molar-refractivity contribution is -0.102. The topological polar surface area (TPSA) is 41.9 Å². The first kappa shape index (κ1) is 12.1. The van der Waals surface area contributed by atoms with Gasteiger partial charge in [0.2, 0.25) is 0 Å². The first-order valence-electron chi connectivity index (χ1n) is 6.29. The molecular formula is C13H15BrN2O2. The zero-order valence-corrected chi connectivity index (χ0v) is 11.5. The fourth-order valence-electron chi connectivity index (χ4n) is 2.71. The van der Waals surface area contributed by atoms with Crippen LogP contribution in [0.2, 0.25) is 0 Å². The number of allylic oxidation sites excluding steroid dienone is 2. The zero-order chi connectivity index (χ0) is 12.5. The Balaban J connectivity index is 1.85. The maximum absolute atomic E-state index is 11.1. The van der Waals surface area contributed by atoms with E-state index >= 15 is 0 Å². The molecule has 0 aromatic rings. The summed E-state index contributed by atoms with van der Waals surface area (Å²) in [5.41, 5.74) is 0.593. The zero-order valence-electron chi connectivity index (χ0n) is 9.96. The molecule has 1 fully saturated rings. The molecule has 1 aliphatic carbocycles. The van der Waals surface area contributed by atoms with Crippen LogP contribution in [0.15, 0.2) is 27.8 Å². The third-order valence-electron chi connectivity index (χ3n) is 3.61. The summed E-state index contributed by atoms with van der Waals surface area (Å²) in [5, 5.41) is 6.41. The first-order valence-corrected chi connectivity index (χ1v) is 7.08. The van der Waals surface area contributed by atoms with Crippen molar-refractivity contribution in [2.24, 2.45) is 11.0 Å². The number of hydrogen-bond acceptors (Lipinski definition) is 4. The van der Waals surface area contributed by atoms with Crippen LogP contribution in [-0.2, 0) is 9.53 Å². The van der Waals surface area contributed by atoms with Gasteiger partial charge in [0.1, 0.15) is 11.9 Å². The number of aldehydes is 1. The Morgan fingerprint density at radius 2 is 2.39 bits per heavy atom. The lowest BCUT2D eigenvalue weighted by Crippen LogP contribution is -2.42. The monoisotopic (exact) mass is 310 g/mol. The molecule has 0 saturated carbocycles. The van der Waals surface area contributed by atoms with Crippen LogP contribution in [-0.4, -0.2) is 35.9 Å². The Morgan fingerprint density at radius 3 is 3.11 bits per heavy atom. The normalized spacial score (nSPS) is 34.9. The SMILES string of the molecule is O=CC1=NN(C2CCCCO2)C2C=CC(Br)=CC12. The van der Waals surface area contributed by atoms with Gasteiger partial charge < -0.3 is 4.74 Å². The Hall–Kier alpha value is -0.940. The predicted molar refractivity (Wildman–Crippen MR) is 72.4 cm³/mol. The number of hydrazone groups is 1. The molecule has 3 unspecified atom stereocenters. The molecule has 3 rings (SSSR count). The summed E-state index contributed by atoms with van der Waals surface area (Å²) in [4.78, 5) is 11.1. The van der Waals surface area contributed by atoms with Gasteiger partial charge in [0.05, 0.1) is 12.0 Å². The summed E-state index contributed by atoms with van der Waals surface area (Å²) in [7, 11) is 0. The highest BCUT2D eigenvalue weighted by Crippen LogP contribution is 2.34. The smallest absolute Gasteiger partial charge is 0.166 e. The molecule has 0 aromatic carbocycles. The first-order chi connectivity index (χ1) is 8.79. The lowest BCUT2D eigenvalue weighted by Gasteiger charge is -2.34. The van der Waals surface area contributed by atoms with E-state index in [0.717, 1.165) is 36.6 Å². The number of carbonyl (C=O) groups is 1. The predicted octanol–water partition coefficient (Wildman–Crippen LogP) is 2.22. The van der Waals surface area contributed by atoms with Gasteiger partial charge in [0, 0.05) is 11.1 Å². The standard InChI is InChI=1S/C13H15BrN2O2/c14-9-4-5-12-10(7-9)11(8-17)15-16(12)13-3-1-2-6-18-13/h4-5,7-8,10,12-13H,1-3,6H2. The van der Waals surface area contributed by atoms with Crippen LogP contribution in [0.25, 0.3) is 0 Å². The van der Waals surface area contributed by atoms with E-state index in [4.69, 9.17) is 4.74 Å².